The van der Waals surface area contributed by atoms with Gasteiger partial charge in [-0.3, -0.25) is 19.4 Å². The molecule has 7 heteroatoms. The normalized spacial score (nSPS) is 14.9. The van der Waals surface area contributed by atoms with E-state index in [1.807, 2.05) is 19.1 Å². The van der Waals surface area contributed by atoms with Crippen molar-refractivity contribution in [3.63, 3.8) is 0 Å². The van der Waals surface area contributed by atoms with Gasteiger partial charge in [-0.1, -0.05) is 18.2 Å². The van der Waals surface area contributed by atoms with Gasteiger partial charge in [0.15, 0.2) is 0 Å². The van der Waals surface area contributed by atoms with Crippen molar-refractivity contribution in [3.05, 3.63) is 59.7 Å². The molecule has 0 aliphatic carbocycles. The molecular weight excluding hydrogens is 380 g/mol. The van der Waals surface area contributed by atoms with Crippen LogP contribution in [-0.2, 0) is 11.3 Å². The van der Waals surface area contributed by atoms with Gasteiger partial charge in [0.2, 0.25) is 5.91 Å². The van der Waals surface area contributed by atoms with Crippen LogP contribution in [0.5, 0.6) is 5.75 Å². The van der Waals surface area contributed by atoms with Crippen LogP contribution in [0, 0.1) is 0 Å². The number of carbonyl (C=O) groups excluding carboxylic acids is 2. The summed E-state index contributed by atoms with van der Waals surface area (Å²) in [5.41, 5.74) is 2.44. The van der Waals surface area contributed by atoms with Crippen molar-refractivity contribution in [2.45, 2.75) is 13.5 Å². The van der Waals surface area contributed by atoms with E-state index in [-0.39, 0.29) is 11.8 Å². The Labute approximate surface area is 178 Å². The number of amides is 2. The number of hydrogen-bond acceptors (Lipinski definition) is 5. The van der Waals surface area contributed by atoms with E-state index in [1.54, 1.807) is 31.4 Å². The van der Waals surface area contributed by atoms with Crippen LogP contribution >= 0.6 is 0 Å². The first-order chi connectivity index (χ1) is 14.6. The molecule has 1 saturated heterocycles. The summed E-state index contributed by atoms with van der Waals surface area (Å²) in [7, 11) is 1.67. The van der Waals surface area contributed by atoms with Crippen molar-refractivity contribution in [3.8, 4) is 5.75 Å². The summed E-state index contributed by atoms with van der Waals surface area (Å²) in [5.74, 6) is 0.666. The number of nitrogens with zero attached hydrogens (tertiary/aromatic N) is 2. The maximum Gasteiger partial charge on any atom is 0.251 e. The Kier molecular flexibility index (Phi) is 7.82. The Morgan fingerprint density at radius 2 is 1.70 bits per heavy atom. The SMILES string of the molecule is CCNC(=O)c1cccc(NC(=O)CN2CCN(Cc3ccc(OC)cc3)CC2)c1. The van der Waals surface area contributed by atoms with Gasteiger partial charge in [-0.05, 0) is 42.8 Å². The lowest BCUT2D eigenvalue weighted by molar-refractivity contribution is -0.117. The average molecular weight is 411 g/mol. The van der Waals surface area contributed by atoms with Gasteiger partial charge in [0.05, 0.1) is 13.7 Å². The molecule has 2 aromatic rings. The van der Waals surface area contributed by atoms with Crippen LogP contribution in [0.3, 0.4) is 0 Å². The largest absolute Gasteiger partial charge is 0.497 e. The second-order valence-corrected chi connectivity index (χ2v) is 7.39. The third kappa shape index (κ3) is 6.30. The highest BCUT2D eigenvalue weighted by atomic mass is 16.5. The molecule has 0 aromatic heterocycles. The zero-order valence-corrected chi connectivity index (χ0v) is 17.7. The highest BCUT2D eigenvalue weighted by molar-refractivity contribution is 5.97. The quantitative estimate of drug-likeness (QED) is 0.698. The molecule has 30 heavy (non-hydrogen) atoms. The minimum absolute atomic E-state index is 0.0633. The van der Waals surface area contributed by atoms with Gasteiger partial charge >= 0.3 is 0 Å². The molecule has 160 valence electrons. The summed E-state index contributed by atoms with van der Waals surface area (Å²) in [5, 5.41) is 5.67. The van der Waals surface area contributed by atoms with Gasteiger partial charge in [0, 0.05) is 50.5 Å². The maximum absolute atomic E-state index is 12.4. The van der Waals surface area contributed by atoms with Gasteiger partial charge < -0.3 is 15.4 Å². The van der Waals surface area contributed by atoms with Crippen molar-refractivity contribution in [1.29, 1.82) is 0 Å². The van der Waals surface area contributed by atoms with Crippen LogP contribution in [0.1, 0.15) is 22.8 Å². The molecule has 0 unspecified atom stereocenters. The fourth-order valence-electron chi connectivity index (χ4n) is 3.50. The summed E-state index contributed by atoms with van der Waals surface area (Å²) < 4.78 is 5.20. The number of carbonyl (C=O) groups is 2. The first kappa shape index (κ1) is 21.8. The van der Waals surface area contributed by atoms with Crippen LogP contribution in [0.4, 0.5) is 5.69 Å². The number of benzene rings is 2. The topological polar surface area (TPSA) is 73.9 Å². The summed E-state index contributed by atoms with van der Waals surface area (Å²) in [4.78, 5) is 28.9. The summed E-state index contributed by atoms with van der Waals surface area (Å²) in [6.45, 7) is 7.24. The van der Waals surface area contributed by atoms with E-state index in [2.05, 4.69) is 32.6 Å². The predicted molar refractivity (Wildman–Crippen MR) is 118 cm³/mol. The molecule has 0 radical (unpaired) electrons. The standard InChI is InChI=1S/C23H30N4O3/c1-3-24-23(29)19-5-4-6-20(15-19)25-22(28)17-27-13-11-26(12-14-27)16-18-7-9-21(30-2)10-8-18/h4-10,15H,3,11-14,16-17H2,1-2H3,(H,24,29)(H,25,28). The molecular formula is C23H30N4O3. The third-order valence-corrected chi connectivity index (χ3v) is 5.14. The molecule has 1 aliphatic heterocycles. The van der Waals surface area contributed by atoms with E-state index >= 15 is 0 Å². The molecule has 7 nitrogen and oxygen atoms in total. The van der Waals surface area contributed by atoms with Crippen molar-refractivity contribution < 1.29 is 14.3 Å². The molecule has 2 amide bonds. The lowest BCUT2D eigenvalue weighted by Crippen LogP contribution is -2.48. The lowest BCUT2D eigenvalue weighted by Gasteiger charge is -2.34. The number of hydrogen-bond donors (Lipinski definition) is 2. The van der Waals surface area contributed by atoms with E-state index in [1.165, 1.54) is 5.56 Å². The van der Waals surface area contributed by atoms with E-state index in [4.69, 9.17) is 4.74 Å². The first-order valence-electron chi connectivity index (χ1n) is 10.3. The van der Waals surface area contributed by atoms with Crippen molar-refractivity contribution in [2.75, 3.05) is 51.7 Å². The van der Waals surface area contributed by atoms with Gasteiger partial charge in [0.1, 0.15) is 5.75 Å². The highest BCUT2D eigenvalue weighted by Gasteiger charge is 2.19. The minimum Gasteiger partial charge on any atom is -0.497 e. The summed E-state index contributed by atoms with van der Waals surface area (Å²) in [6, 6.07) is 15.2. The van der Waals surface area contributed by atoms with Crippen LogP contribution < -0.4 is 15.4 Å². The van der Waals surface area contributed by atoms with Gasteiger partial charge in [0.25, 0.3) is 5.91 Å². The van der Waals surface area contributed by atoms with Crippen molar-refractivity contribution >= 4 is 17.5 Å². The van der Waals surface area contributed by atoms with E-state index in [0.29, 0.717) is 24.3 Å². The molecule has 0 spiro atoms. The monoisotopic (exact) mass is 410 g/mol. The lowest BCUT2D eigenvalue weighted by atomic mass is 10.2. The first-order valence-corrected chi connectivity index (χ1v) is 10.3. The highest BCUT2D eigenvalue weighted by Crippen LogP contribution is 2.15. The number of anilines is 1. The Morgan fingerprint density at radius 3 is 2.37 bits per heavy atom. The molecule has 3 rings (SSSR count). The minimum atomic E-state index is -0.137. The zero-order chi connectivity index (χ0) is 21.3. The summed E-state index contributed by atoms with van der Waals surface area (Å²) >= 11 is 0. The number of rotatable bonds is 8. The second-order valence-electron chi connectivity index (χ2n) is 7.39. The number of ether oxygens (including phenoxy) is 1. The van der Waals surface area contributed by atoms with E-state index in [0.717, 1.165) is 38.5 Å². The third-order valence-electron chi connectivity index (χ3n) is 5.14. The molecule has 2 N–H and O–H groups in total. The van der Waals surface area contributed by atoms with Gasteiger partial charge in [-0.15, -0.1) is 0 Å². The van der Waals surface area contributed by atoms with Crippen LogP contribution in [0.15, 0.2) is 48.5 Å². The molecule has 1 aliphatic rings. The smallest absolute Gasteiger partial charge is 0.251 e. The van der Waals surface area contributed by atoms with Crippen molar-refractivity contribution in [2.24, 2.45) is 0 Å². The predicted octanol–water partition coefficient (Wildman–Crippen LogP) is 2.20. The number of piperazine rings is 1. The number of methoxy groups -OCH3 is 1. The Morgan fingerprint density at radius 1 is 1.00 bits per heavy atom. The average Bonchev–Trinajstić information content (AvgIpc) is 2.76. The van der Waals surface area contributed by atoms with Crippen LogP contribution in [0.2, 0.25) is 0 Å². The Balaban J connectivity index is 1.44. The molecule has 2 aromatic carbocycles. The van der Waals surface area contributed by atoms with Crippen LogP contribution in [0.25, 0.3) is 0 Å². The fourth-order valence-corrected chi connectivity index (χ4v) is 3.50. The van der Waals surface area contributed by atoms with E-state index in [9.17, 15) is 9.59 Å². The Hall–Kier alpha value is -2.90. The van der Waals surface area contributed by atoms with E-state index < -0.39 is 0 Å². The van der Waals surface area contributed by atoms with Crippen LogP contribution in [-0.4, -0.2) is 68.0 Å². The molecule has 0 bridgehead atoms. The molecule has 0 saturated carbocycles. The van der Waals surface area contributed by atoms with Gasteiger partial charge in [-0.2, -0.15) is 0 Å². The van der Waals surface area contributed by atoms with Crippen molar-refractivity contribution in [1.82, 2.24) is 15.1 Å². The zero-order valence-electron chi connectivity index (χ0n) is 17.7. The molecule has 1 heterocycles. The fraction of sp³-hybridized carbons (Fsp3) is 0.391. The maximum atomic E-state index is 12.4. The second kappa shape index (κ2) is 10.8. The molecule has 0 atom stereocenters. The van der Waals surface area contributed by atoms with Gasteiger partial charge in [-0.25, -0.2) is 0 Å². The number of nitrogens with one attached hydrogen (secondary N) is 2. The summed E-state index contributed by atoms with van der Waals surface area (Å²) in [6.07, 6.45) is 0. The Bertz CT molecular complexity index is 846. The molecule has 1 fully saturated rings.